The lowest BCUT2D eigenvalue weighted by Crippen LogP contribution is -2.58. The molecule has 11 heteroatoms. The van der Waals surface area contributed by atoms with Crippen molar-refractivity contribution < 1.29 is 49.3 Å². The number of hydrogen-bond donors (Lipinski definition) is 6. The molecule has 0 aliphatic carbocycles. The third-order valence-corrected chi connectivity index (χ3v) is 6.56. The molecule has 1 aliphatic heterocycles. The Morgan fingerprint density at radius 2 is 1.66 bits per heavy atom. The lowest BCUT2D eigenvalue weighted by atomic mass is 9.96. The lowest BCUT2D eigenvalue weighted by molar-refractivity contribution is -0.268. The third-order valence-electron chi connectivity index (χ3n) is 6.56. The summed E-state index contributed by atoms with van der Waals surface area (Å²) in [5.41, 5.74) is -1.48. The molecule has 2 aromatic carbocycles. The van der Waals surface area contributed by atoms with E-state index < -0.39 is 53.2 Å². The van der Waals surface area contributed by atoms with E-state index in [9.17, 15) is 35.4 Å². The Morgan fingerprint density at radius 3 is 2.26 bits per heavy atom. The van der Waals surface area contributed by atoms with Gasteiger partial charge in [-0.2, -0.15) is 0 Å². The van der Waals surface area contributed by atoms with Gasteiger partial charge in [-0.25, -0.2) is 0 Å². The average Bonchev–Trinajstić information content (AvgIpc) is 2.86. The largest absolute Gasteiger partial charge is 0.507 e. The first-order chi connectivity index (χ1) is 17.8. The van der Waals surface area contributed by atoms with Gasteiger partial charge in [0.15, 0.2) is 5.76 Å². The van der Waals surface area contributed by atoms with Crippen LogP contribution in [0, 0.1) is 0 Å². The van der Waals surface area contributed by atoms with Gasteiger partial charge < -0.3 is 49.3 Å². The molecule has 206 valence electrons. The number of aryl methyl sites for hydroxylation is 1. The molecule has 0 saturated carbocycles. The first kappa shape index (κ1) is 27.7. The molecule has 4 rings (SSSR count). The van der Waals surface area contributed by atoms with E-state index in [2.05, 4.69) is 0 Å². The molecule has 0 radical (unpaired) electrons. The molecule has 2 heterocycles. The summed E-state index contributed by atoms with van der Waals surface area (Å²) in [5, 5.41) is 61.9. The smallest absolute Gasteiger partial charge is 0.239 e. The summed E-state index contributed by atoms with van der Waals surface area (Å²) < 4.78 is 22.6. The number of hydrogen-bond acceptors (Lipinski definition) is 11. The van der Waals surface area contributed by atoms with Crippen molar-refractivity contribution in [2.45, 2.75) is 69.9 Å². The first-order valence-corrected chi connectivity index (χ1v) is 12.1. The second-order valence-corrected chi connectivity index (χ2v) is 10.0. The summed E-state index contributed by atoms with van der Waals surface area (Å²) in [6.45, 7) is 4.66. The maximum Gasteiger partial charge on any atom is 0.239 e. The molecular weight excluding hydrogens is 500 g/mol. The van der Waals surface area contributed by atoms with Crippen molar-refractivity contribution in [3.8, 4) is 34.3 Å². The van der Waals surface area contributed by atoms with E-state index >= 15 is 0 Å². The number of aliphatic hydroxyl groups is 4. The standard InChI is InChI=1S/C27H32O11/c1-12-19(30)21(32)22(33)26(36-12)38-25-20(31)18-17(29)11-16(28)15(9-10-27(2,3)34)24(18)37-23(25)13-5-7-14(35-4)8-6-13/h5-8,11-12,19,21-22,26,28-30,32-34H,9-10H2,1-4H3/t12-,19-,21+,22+,26-/m1/s1. The normalized spacial score (nSPS) is 23.9. The summed E-state index contributed by atoms with van der Waals surface area (Å²) in [6, 6.07) is 7.42. The second-order valence-electron chi connectivity index (χ2n) is 10.0. The van der Waals surface area contributed by atoms with Gasteiger partial charge in [-0.15, -0.1) is 0 Å². The highest BCUT2D eigenvalue weighted by atomic mass is 16.7. The van der Waals surface area contributed by atoms with Gasteiger partial charge >= 0.3 is 0 Å². The number of phenolic OH excluding ortho intramolecular Hbond substituents is 2. The first-order valence-electron chi connectivity index (χ1n) is 12.1. The molecule has 6 N–H and O–H groups in total. The van der Waals surface area contributed by atoms with Crippen LogP contribution in [0.5, 0.6) is 23.0 Å². The van der Waals surface area contributed by atoms with Crippen LogP contribution in [0.15, 0.2) is 39.5 Å². The lowest BCUT2D eigenvalue weighted by Gasteiger charge is -2.38. The van der Waals surface area contributed by atoms with E-state index in [0.29, 0.717) is 11.3 Å². The van der Waals surface area contributed by atoms with Gasteiger partial charge in [0, 0.05) is 17.2 Å². The summed E-state index contributed by atoms with van der Waals surface area (Å²) in [6.07, 6.45) is -6.88. The highest BCUT2D eigenvalue weighted by Crippen LogP contribution is 2.40. The van der Waals surface area contributed by atoms with Crippen LogP contribution < -0.4 is 14.9 Å². The number of fused-ring (bicyclic) bond motifs is 1. The summed E-state index contributed by atoms with van der Waals surface area (Å²) >= 11 is 0. The van der Waals surface area contributed by atoms with Gasteiger partial charge in [-0.05, 0) is 57.9 Å². The molecule has 0 bridgehead atoms. The summed E-state index contributed by atoms with van der Waals surface area (Å²) in [7, 11) is 1.49. The Morgan fingerprint density at radius 1 is 1.00 bits per heavy atom. The molecule has 0 spiro atoms. The van der Waals surface area contributed by atoms with Gasteiger partial charge in [0.1, 0.15) is 46.5 Å². The Kier molecular flexibility index (Phi) is 7.60. The minimum atomic E-state index is -1.71. The Balaban J connectivity index is 1.94. The fourth-order valence-corrected chi connectivity index (χ4v) is 4.31. The fourth-order valence-electron chi connectivity index (χ4n) is 4.31. The molecule has 38 heavy (non-hydrogen) atoms. The van der Waals surface area contributed by atoms with Crippen molar-refractivity contribution in [2.75, 3.05) is 7.11 Å². The van der Waals surface area contributed by atoms with Crippen LogP contribution >= 0.6 is 0 Å². The number of methoxy groups -OCH3 is 1. The Hall–Kier alpha value is -3.35. The predicted octanol–water partition coefficient (Wildman–Crippen LogP) is 1.79. The monoisotopic (exact) mass is 532 g/mol. The van der Waals surface area contributed by atoms with E-state index in [1.165, 1.54) is 14.0 Å². The van der Waals surface area contributed by atoms with Gasteiger partial charge in [-0.1, -0.05) is 0 Å². The van der Waals surface area contributed by atoms with Gasteiger partial charge in [-0.3, -0.25) is 4.79 Å². The molecular formula is C27H32O11. The predicted molar refractivity (Wildman–Crippen MR) is 135 cm³/mol. The van der Waals surface area contributed by atoms with Crippen LogP contribution in [0.3, 0.4) is 0 Å². The zero-order chi connectivity index (χ0) is 27.9. The SMILES string of the molecule is COc1ccc(-c2oc3c(CCC(C)(C)O)c(O)cc(O)c3c(=O)c2O[C@H]2O[C@H](C)[C@@H](O)[C@H](O)[C@@H]2O)cc1. The van der Waals surface area contributed by atoms with Crippen LogP contribution in [0.25, 0.3) is 22.3 Å². The zero-order valence-corrected chi connectivity index (χ0v) is 21.4. The van der Waals surface area contributed by atoms with Crippen molar-refractivity contribution >= 4 is 11.0 Å². The van der Waals surface area contributed by atoms with Crippen LogP contribution in [0.4, 0.5) is 0 Å². The fraction of sp³-hybridized carbons (Fsp3) is 0.444. The van der Waals surface area contributed by atoms with Crippen LogP contribution in [-0.4, -0.2) is 74.1 Å². The number of aliphatic hydroxyl groups excluding tert-OH is 3. The number of phenols is 2. The van der Waals surface area contributed by atoms with E-state index in [1.54, 1.807) is 38.1 Å². The Bertz CT molecular complexity index is 1360. The van der Waals surface area contributed by atoms with Crippen LogP contribution in [0.2, 0.25) is 0 Å². The van der Waals surface area contributed by atoms with Crippen LogP contribution in [0.1, 0.15) is 32.8 Å². The molecule has 1 aromatic heterocycles. The van der Waals surface area contributed by atoms with Crippen molar-refractivity contribution in [3.63, 3.8) is 0 Å². The van der Waals surface area contributed by atoms with E-state index in [4.69, 9.17) is 18.6 Å². The van der Waals surface area contributed by atoms with E-state index in [1.807, 2.05) is 0 Å². The van der Waals surface area contributed by atoms with E-state index in [-0.39, 0.29) is 40.9 Å². The van der Waals surface area contributed by atoms with E-state index in [0.717, 1.165) is 6.07 Å². The topological polar surface area (TPSA) is 179 Å². The number of benzene rings is 2. The number of rotatable bonds is 7. The van der Waals surface area contributed by atoms with Crippen LogP contribution in [-0.2, 0) is 11.2 Å². The van der Waals surface area contributed by atoms with Crippen molar-refractivity contribution in [2.24, 2.45) is 0 Å². The maximum atomic E-state index is 13.8. The molecule has 1 fully saturated rings. The molecule has 1 saturated heterocycles. The Labute approximate surface area is 218 Å². The minimum absolute atomic E-state index is 0.108. The van der Waals surface area contributed by atoms with Gasteiger partial charge in [0.25, 0.3) is 0 Å². The molecule has 11 nitrogen and oxygen atoms in total. The third kappa shape index (κ3) is 5.29. The average molecular weight is 533 g/mol. The quantitative estimate of drug-likeness (QED) is 0.261. The van der Waals surface area contributed by atoms with Crippen molar-refractivity contribution in [1.29, 1.82) is 0 Å². The molecule has 5 atom stereocenters. The number of ether oxygens (including phenoxy) is 3. The molecule has 1 aliphatic rings. The number of aromatic hydroxyl groups is 2. The molecule has 3 aromatic rings. The maximum absolute atomic E-state index is 13.8. The van der Waals surface area contributed by atoms with Gasteiger partial charge in [0.05, 0.1) is 18.8 Å². The second kappa shape index (κ2) is 10.4. The summed E-state index contributed by atoms with van der Waals surface area (Å²) in [5.74, 6) is -0.912. The van der Waals surface area contributed by atoms with Crippen molar-refractivity contribution in [3.05, 3.63) is 46.1 Å². The highest BCUT2D eigenvalue weighted by Gasteiger charge is 2.44. The molecule has 0 amide bonds. The molecule has 0 unspecified atom stereocenters. The highest BCUT2D eigenvalue weighted by molar-refractivity contribution is 5.91. The minimum Gasteiger partial charge on any atom is -0.507 e. The van der Waals surface area contributed by atoms with Crippen molar-refractivity contribution in [1.82, 2.24) is 0 Å². The zero-order valence-electron chi connectivity index (χ0n) is 21.4. The summed E-state index contributed by atoms with van der Waals surface area (Å²) in [4.78, 5) is 13.8. The van der Waals surface area contributed by atoms with Gasteiger partial charge in [0.2, 0.25) is 17.5 Å².